The Hall–Kier alpha value is -1.31. The van der Waals surface area contributed by atoms with Crippen molar-refractivity contribution in [3.8, 4) is 0 Å². The van der Waals surface area contributed by atoms with Crippen molar-refractivity contribution in [3.05, 3.63) is 35.4 Å². The SMILES string of the molecule is CCCCCCC1CC(c2ccc(C)cc2)=NO1. The van der Waals surface area contributed by atoms with E-state index in [0.29, 0.717) is 6.10 Å². The van der Waals surface area contributed by atoms with Crippen LogP contribution in [0.25, 0.3) is 0 Å². The summed E-state index contributed by atoms with van der Waals surface area (Å²) in [5, 5.41) is 4.23. The third-order valence-corrected chi connectivity index (χ3v) is 3.50. The zero-order valence-corrected chi connectivity index (χ0v) is 11.5. The van der Waals surface area contributed by atoms with Gasteiger partial charge in [0.15, 0.2) is 0 Å². The highest BCUT2D eigenvalue weighted by molar-refractivity contribution is 6.01. The van der Waals surface area contributed by atoms with Crippen LogP contribution in [0.2, 0.25) is 0 Å². The summed E-state index contributed by atoms with van der Waals surface area (Å²) in [5.74, 6) is 0. The minimum Gasteiger partial charge on any atom is -0.392 e. The lowest BCUT2D eigenvalue weighted by molar-refractivity contribution is 0.0770. The van der Waals surface area contributed by atoms with Gasteiger partial charge in [0, 0.05) is 6.42 Å². The van der Waals surface area contributed by atoms with E-state index in [2.05, 4.69) is 43.3 Å². The van der Waals surface area contributed by atoms with Gasteiger partial charge in [-0.15, -0.1) is 0 Å². The molecule has 0 amide bonds. The van der Waals surface area contributed by atoms with Crippen LogP contribution in [0.1, 0.15) is 56.6 Å². The lowest BCUT2D eigenvalue weighted by Gasteiger charge is -2.07. The Kier molecular flexibility index (Phi) is 4.80. The Bertz CT molecular complexity index is 394. The van der Waals surface area contributed by atoms with Crippen LogP contribution in [-0.4, -0.2) is 11.8 Å². The molecule has 2 nitrogen and oxygen atoms in total. The minimum absolute atomic E-state index is 0.304. The molecule has 0 N–H and O–H groups in total. The summed E-state index contributed by atoms with van der Waals surface area (Å²) >= 11 is 0. The fraction of sp³-hybridized carbons (Fsp3) is 0.562. The van der Waals surface area contributed by atoms with E-state index in [1.165, 1.54) is 36.8 Å². The molecule has 1 aliphatic heterocycles. The first-order valence-corrected chi connectivity index (χ1v) is 7.09. The average molecular weight is 245 g/mol. The minimum atomic E-state index is 0.304. The molecule has 1 aliphatic rings. The van der Waals surface area contributed by atoms with Crippen LogP contribution < -0.4 is 0 Å². The number of hydrogen-bond acceptors (Lipinski definition) is 2. The molecule has 0 aromatic heterocycles. The molecule has 1 aromatic carbocycles. The monoisotopic (exact) mass is 245 g/mol. The zero-order valence-electron chi connectivity index (χ0n) is 11.5. The van der Waals surface area contributed by atoms with E-state index in [1.807, 2.05) is 0 Å². The maximum Gasteiger partial charge on any atom is 0.133 e. The Morgan fingerprint density at radius 2 is 1.94 bits per heavy atom. The third-order valence-electron chi connectivity index (χ3n) is 3.50. The predicted octanol–water partition coefficient (Wildman–Crippen LogP) is 4.46. The number of unbranched alkanes of at least 4 members (excludes halogenated alkanes) is 3. The lowest BCUT2D eigenvalue weighted by atomic mass is 10.0. The first-order chi connectivity index (χ1) is 8.79. The molecular weight excluding hydrogens is 222 g/mol. The van der Waals surface area contributed by atoms with Gasteiger partial charge < -0.3 is 4.84 Å². The molecule has 0 spiro atoms. The smallest absolute Gasteiger partial charge is 0.133 e. The molecule has 0 saturated carbocycles. The molecule has 1 heterocycles. The molecule has 2 rings (SSSR count). The van der Waals surface area contributed by atoms with Gasteiger partial charge in [-0.3, -0.25) is 0 Å². The average Bonchev–Trinajstić information content (AvgIpc) is 2.84. The van der Waals surface area contributed by atoms with Crippen LogP contribution in [-0.2, 0) is 4.84 Å². The van der Waals surface area contributed by atoms with Crippen molar-refractivity contribution < 1.29 is 4.84 Å². The summed E-state index contributed by atoms with van der Waals surface area (Å²) in [6, 6.07) is 8.53. The molecule has 2 heteroatoms. The normalized spacial score (nSPS) is 18.6. The van der Waals surface area contributed by atoms with Crippen LogP contribution in [0.3, 0.4) is 0 Å². The van der Waals surface area contributed by atoms with Crippen molar-refractivity contribution in [2.24, 2.45) is 5.16 Å². The Morgan fingerprint density at radius 1 is 1.17 bits per heavy atom. The van der Waals surface area contributed by atoms with Crippen LogP contribution in [0.15, 0.2) is 29.4 Å². The van der Waals surface area contributed by atoms with E-state index in [1.54, 1.807) is 0 Å². The van der Waals surface area contributed by atoms with E-state index in [9.17, 15) is 0 Å². The molecule has 18 heavy (non-hydrogen) atoms. The quantitative estimate of drug-likeness (QED) is 0.678. The summed E-state index contributed by atoms with van der Waals surface area (Å²) in [6.07, 6.45) is 7.60. The van der Waals surface area contributed by atoms with Gasteiger partial charge >= 0.3 is 0 Å². The highest BCUT2D eigenvalue weighted by atomic mass is 16.6. The maximum atomic E-state index is 5.52. The Morgan fingerprint density at radius 3 is 2.67 bits per heavy atom. The summed E-state index contributed by atoms with van der Waals surface area (Å²) in [4.78, 5) is 5.52. The molecular formula is C16H23NO. The second-order valence-corrected chi connectivity index (χ2v) is 5.18. The molecule has 1 atom stereocenters. The van der Waals surface area contributed by atoms with Crippen molar-refractivity contribution in [2.45, 2.75) is 58.5 Å². The standard InChI is InChI=1S/C16H23NO/c1-3-4-5-6-7-15-12-16(17-18-15)14-10-8-13(2)9-11-14/h8-11,15H,3-7,12H2,1-2H3. The van der Waals surface area contributed by atoms with Gasteiger partial charge in [-0.1, -0.05) is 61.2 Å². The molecule has 0 bridgehead atoms. The molecule has 0 fully saturated rings. The number of benzene rings is 1. The maximum absolute atomic E-state index is 5.52. The summed E-state index contributed by atoms with van der Waals surface area (Å²) < 4.78 is 0. The zero-order chi connectivity index (χ0) is 12.8. The van der Waals surface area contributed by atoms with Crippen molar-refractivity contribution in [1.29, 1.82) is 0 Å². The number of rotatable bonds is 6. The largest absolute Gasteiger partial charge is 0.392 e. The Balaban J connectivity index is 1.79. The fourth-order valence-electron chi connectivity index (χ4n) is 2.30. The van der Waals surface area contributed by atoms with Crippen molar-refractivity contribution in [3.63, 3.8) is 0 Å². The number of aryl methyl sites for hydroxylation is 1. The second kappa shape index (κ2) is 6.58. The van der Waals surface area contributed by atoms with E-state index >= 15 is 0 Å². The topological polar surface area (TPSA) is 21.6 Å². The van der Waals surface area contributed by atoms with Gasteiger partial charge in [0.25, 0.3) is 0 Å². The van der Waals surface area contributed by atoms with Gasteiger partial charge in [-0.2, -0.15) is 0 Å². The van der Waals surface area contributed by atoms with E-state index in [0.717, 1.165) is 18.6 Å². The van der Waals surface area contributed by atoms with Gasteiger partial charge in [0.05, 0.1) is 5.71 Å². The summed E-state index contributed by atoms with van der Waals surface area (Å²) in [6.45, 7) is 4.35. The van der Waals surface area contributed by atoms with Crippen LogP contribution in [0, 0.1) is 6.92 Å². The van der Waals surface area contributed by atoms with E-state index < -0.39 is 0 Å². The van der Waals surface area contributed by atoms with Gasteiger partial charge in [-0.05, 0) is 25.3 Å². The molecule has 0 saturated heterocycles. The van der Waals surface area contributed by atoms with Crippen LogP contribution in [0.4, 0.5) is 0 Å². The highest BCUT2D eigenvalue weighted by Gasteiger charge is 2.21. The number of nitrogens with zero attached hydrogens (tertiary/aromatic N) is 1. The highest BCUT2D eigenvalue weighted by Crippen LogP contribution is 2.21. The summed E-state index contributed by atoms with van der Waals surface area (Å²) in [5.41, 5.74) is 3.60. The predicted molar refractivity (Wildman–Crippen MR) is 76.0 cm³/mol. The first kappa shape index (κ1) is 13.1. The van der Waals surface area contributed by atoms with Gasteiger partial charge in [0.2, 0.25) is 0 Å². The number of oxime groups is 1. The second-order valence-electron chi connectivity index (χ2n) is 5.18. The molecule has 1 aromatic rings. The van der Waals surface area contributed by atoms with Crippen molar-refractivity contribution >= 4 is 5.71 Å². The van der Waals surface area contributed by atoms with E-state index in [4.69, 9.17) is 4.84 Å². The molecule has 1 unspecified atom stereocenters. The Labute approximate surface area is 110 Å². The van der Waals surface area contributed by atoms with Crippen LogP contribution >= 0.6 is 0 Å². The van der Waals surface area contributed by atoms with E-state index in [-0.39, 0.29) is 0 Å². The number of hydrogen-bond donors (Lipinski definition) is 0. The summed E-state index contributed by atoms with van der Waals surface area (Å²) in [7, 11) is 0. The van der Waals surface area contributed by atoms with Gasteiger partial charge in [-0.25, -0.2) is 0 Å². The fourth-order valence-corrected chi connectivity index (χ4v) is 2.30. The van der Waals surface area contributed by atoms with Gasteiger partial charge in [0.1, 0.15) is 6.10 Å². The van der Waals surface area contributed by atoms with Crippen molar-refractivity contribution in [2.75, 3.05) is 0 Å². The third kappa shape index (κ3) is 3.59. The molecule has 0 radical (unpaired) electrons. The molecule has 98 valence electrons. The first-order valence-electron chi connectivity index (χ1n) is 7.09. The van der Waals surface area contributed by atoms with Crippen molar-refractivity contribution in [1.82, 2.24) is 0 Å². The lowest BCUT2D eigenvalue weighted by Crippen LogP contribution is -2.08. The van der Waals surface area contributed by atoms with Crippen LogP contribution in [0.5, 0.6) is 0 Å². The molecule has 0 aliphatic carbocycles.